The van der Waals surface area contributed by atoms with Crippen LogP contribution in [0.5, 0.6) is 0 Å². The quantitative estimate of drug-likeness (QED) is 0.827. The van der Waals surface area contributed by atoms with Crippen molar-refractivity contribution < 1.29 is 19.4 Å². The van der Waals surface area contributed by atoms with E-state index in [9.17, 15) is 19.5 Å². The van der Waals surface area contributed by atoms with Crippen LogP contribution in [-0.4, -0.2) is 57.8 Å². The number of ether oxygens (including phenoxy) is 1. The Morgan fingerprint density at radius 3 is 2.41 bits per heavy atom. The molecule has 1 saturated heterocycles. The number of imidazole rings is 1. The van der Waals surface area contributed by atoms with Crippen LogP contribution < -0.4 is 5.69 Å². The monoisotopic (exact) mass is 375 g/mol. The van der Waals surface area contributed by atoms with Gasteiger partial charge in [0, 0.05) is 20.2 Å². The van der Waals surface area contributed by atoms with Crippen molar-refractivity contribution in [3.05, 3.63) is 34.2 Å². The summed E-state index contributed by atoms with van der Waals surface area (Å²) in [6.07, 6.45) is 4.17. The maximum atomic E-state index is 12.9. The average molecular weight is 375 g/mol. The molecule has 0 saturated carbocycles. The Labute approximate surface area is 156 Å². The molecular weight excluding hydrogens is 350 g/mol. The van der Waals surface area contributed by atoms with E-state index in [0.29, 0.717) is 37.3 Å². The summed E-state index contributed by atoms with van der Waals surface area (Å²) in [6.45, 7) is 2.01. The van der Waals surface area contributed by atoms with Gasteiger partial charge in [-0.25, -0.2) is 9.59 Å². The van der Waals surface area contributed by atoms with Gasteiger partial charge in [0.15, 0.2) is 0 Å². The second kappa shape index (κ2) is 8.39. The van der Waals surface area contributed by atoms with Crippen molar-refractivity contribution in [3.8, 4) is 0 Å². The molecular formula is C19H25N3O5. The standard InChI is InChI=1S/C19H25N3O5/c1-27-11-10-21-15-7-6-14(18(24)25)12-16(15)22(19(21)26)13-17(23)20-8-4-2-3-5-9-20/h6-7,12H,2-5,8-11,13H2,1H3,(H,24,25). The molecule has 2 aromatic rings. The summed E-state index contributed by atoms with van der Waals surface area (Å²) in [5, 5.41) is 9.28. The highest BCUT2D eigenvalue weighted by atomic mass is 16.5. The molecule has 0 unspecified atom stereocenters. The molecule has 1 N–H and O–H groups in total. The van der Waals surface area contributed by atoms with Crippen LogP contribution in [0.4, 0.5) is 0 Å². The summed E-state index contributed by atoms with van der Waals surface area (Å²) < 4.78 is 7.98. The minimum absolute atomic E-state index is 0.0849. The molecule has 8 nitrogen and oxygen atoms in total. The molecule has 1 aliphatic rings. The predicted octanol–water partition coefficient (Wildman–Crippen LogP) is 1.55. The maximum absolute atomic E-state index is 12.9. The van der Waals surface area contributed by atoms with Gasteiger partial charge in [-0.15, -0.1) is 0 Å². The molecule has 0 radical (unpaired) electrons. The summed E-state index contributed by atoms with van der Waals surface area (Å²) in [5.41, 5.74) is 0.819. The van der Waals surface area contributed by atoms with E-state index < -0.39 is 5.97 Å². The fourth-order valence-electron chi connectivity index (χ4n) is 3.56. The van der Waals surface area contributed by atoms with Crippen molar-refractivity contribution in [1.29, 1.82) is 0 Å². The number of hydrogen-bond donors (Lipinski definition) is 1. The van der Waals surface area contributed by atoms with Gasteiger partial charge in [0.05, 0.1) is 29.7 Å². The molecule has 0 atom stereocenters. The number of carboxylic acids is 1. The lowest BCUT2D eigenvalue weighted by molar-refractivity contribution is -0.131. The number of hydrogen-bond acceptors (Lipinski definition) is 4. The van der Waals surface area contributed by atoms with Crippen LogP contribution in [-0.2, 0) is 22.6 Å². The smallest absolute Gasteiger partial charge is 0.335 e. The zero-order valence-electron chi connectivity index (χ0n) is 15.5. The van der Waals surface area contributed by atoms with Gasteiger partial charge in [0.1, 0.15) is 6.54 Å². The topological polar surface area (TPSA) is 93.8 Å². The summed E-state index contributed by atoms with van der Waals surface area (Å²) in [5.74, 6) is -1.18. The molecule has 3 rings (SSSR count). The molecule has 2 heterocycles. The number of likely N-dealkylation sites (tertiary alicyclic amines) is 1. The molecule has 0 aliphatic carbocycles. The lowest BCUT2D eigenvalue weighted by Crippen LogP contribution is -2.37. The predicted molar refractivity (Wildman–Crippen MR) is 100 cm³/mol. The first-order chi connectivity index (χ1) is 13.0. The number of aromatic nitrogens is 2. The van der Waals surface area contributed by atoms with Crippen molar-refractivity contribution >= 4 is 22.9 Å². The Balaban J connectivity index is 2.00. The van der Waals surface area contributed by atoms with E-state index in [1.165, 1.54) is 21.3 Å². The van der Waals surface area contributed by atoms with Gasteiger partial charge in [-0.1, -0.05) is 12.8 Å². The first-order valence-electron chi connectivity index (χ1n) is 9.26. The third-order valence-corrected chi connectivity index (χ3v) is 5.04. The van der Waals surface area contributed by atoms with Gasteiger partial charge < -0.3 is 14.7 Å². The number of carbonyl (C=O) groups excluding carboxylic acids is 1. The Bertz CT molecular complexity index is 891. The number of amides is 1. The highest BCUT2D eigenvalue weighted by Gasteiger charge is 2.21. The van der Waals surface area contributed by atoms with Crippen molar-refractivity contribution in [2.24, 2.45) is 0 Å². The summed E-state index contributed by atoms with van der Waals surface area (Å²) in [7, 11) is 1.55. The Morgan fingerprint density at radius 1 is 1.07 bits per heavy atom. The molecule has 27 heavy (non-hydrogen) atoms. The summed E-state index contributed by atoms with van der Waals surface area (Å²) in [6, 6.07) is 4.54. The van der Waals surface area contributed by atoms with Crippen LogP contribution in [0.25, 0.3) is 11.0 Å². The van der Waals surface area contributed by atoms with Crippen molar-refractivity contribution in [2.45, 2.75) is 38.8 Å². The van der Waals surface area contributed by atoms with Gasteiger partial charge in [-0.2, -0.15) is 0 Å². The van der Waals surface area contributed by atoms with Gasteiger partial charge in [0.25, 0.3) is 0 Å². The van der Waals surface area contributed by atoms with E-state index in [2.05, 4.69) is 0 Å². The first-order valence-corrected chi connectivity index (χ1v) is 9.26. The fourth-order valence-corrected chi connectivity index (χ4v) is 3.56. The summed E-state index contributed by atoms with van der Waals surface area (Å²) in [4.78, 5) is 38.8. The normalized spacial score (nSPS) is 15.1. The van der Waals surface area contributed by atoms with Crippen LogP contribution in [0.3, 0.4) is 0 Å². The minimum Gasteiger partial charge on any atom is -0.478 e. The maximum Gasteiger partial charge on any atom is 0.335 e. The van der Waals surface area contributed by atoms with Crippen molar-refractivity contribution in [2.75, 3.05) is 26.8 Å². The van der Waals surface area contributed by atoms with Gasteiger partial charge in [-0.05, 0) is 31.0 Å². The molecule has 146 valence electrons. The van der Waals surface area contributed by atoms with E-state index in [1.807, 2.05) is 0 Å². The van der Waals surface area contributed by atoms with E-state index in [4.69, 9.17) is 4.74 Å². The second-order valence-electron chi connectivity index (χ2n) is 6.82. The summed E-state index contributed by atoms with van der Waals surface area (Å²) >= 11 is 0. The molecule has 1 aromatic heterocycles. The highest BCUT2D eigenvalue weighted by molar-refractivity contribution is 5.93. The zero-order valence-corrected chi connectivity index (χ0v) is 15.5. The average Bonchev–Trinajstić information content (AvgIpc) is 2.85. The molecule has 1 aromatic carbocycles. The number of carbonyl (C=O) groups is 2. The highest BCUT2D eigenvalue weighted by Crippen LogP contribution is 2.17. The van der Waals surface area contributed by atoms with Crippen LogP contribution in [0, 0.1) is 0 Å². The second-order valence-corrected chi connectivity index (χ2v) is 6.82. The Morgan fingerprint density at radius 2 is 1.78 bits per heavy atom. The largest absolute Gasteiger partial charge is 0.478 e. The van der Waals surface area contributed by atoms with E-state index in [1.54, 1.807) is 18.1 Å². The third-order valence-electron chi connectivity index (χ3n) is 5.04. The third kappa shape index (κ3) is 4.05. The van der Waals surface area contributed by atoms with Crippen LogP contribution in [0.2, 0.25) is 0 Å². The number of aromatic carboxylic acids is 1. The molecule has 0 spiro atoms. The molecule has 1 aliphatic heterocycles. The number of carboxylic acid groups (broad SMARTS) is 1. The Hall–Kier alpha value is -2.61. The SMILES string of the molecule is COCCn1c(=O)n(CC(=O)N2CCCCCC2)c2cc(C(=O)O)ccc21. The van der Waals surface area contributed by atoms with Crippen molar-refractivity contribution in [3.63, 3.8) is 0 Å². The van der Waals surface area contributed by atoms with E-state index in [0.717, 1.165) is 25.7 Å². The number of rotatable bonds is 6. The van der Waals surface area contributed by atoms with Gasteiger partial charge >= 0.3 is 11.7 Å². The van der Waals surface area contributed by atoms with Crippen LogP contribution in [0.1, 0.15) is 36.0 Å². The minimum atomic E-state index is -1.07. The molecule has 1 amide bonds. The fraction of sp³-hybridized carbons (Fsp3) is 0.526. The molecule has 0 bridgehead atoms. The molecule has 8 heteroatoms. The van der Waals surface area contributed by atoms with E-state index >= 15 is 0 Å². The lowest BCUT2D eigenvalue weighted by atomic mass is 10.2. The number of benzene rings is 1. The number of fused-ring (bicyclic) bond motifs is 1. The zero-order chi connectivity index (χ0) is 19.4. The van der Waals surface area contributed by atoms with Gasteiger partial charge in [-0.3, -0.25) is 13.9 Å². The van der Waals surface area contributed by atoms with Crippen molar-refractivity contribution in [1.82, 2.24) is 14.0 Å². The van der Waals surface area contributed by atoms with Crippen LogP contribution in [0.15, 0.2) is 23.0 Å². The van der Waals surface area contributed by atoms with E-state index in [-0.39, 0.29) is 23.7 Å². The lowest BCUT2D eigenvalue weighted by Gasteiger charge is -2.20. The number of nitrogens with zero attached hydrogens (tertiary/aromatic N) is 3. The number of methoxy groups -OCH3 is 1. The van der Waals surface area contributed by atoms with Gasteiger partial charge in [0.2, 0.25) is 5.91 Å². The first kappa shape index (κ1) is 19.2. The molecule has 1 fully saturated rings. The Kier molecular flexibility index (Phi) is 5.95. The van der Waals surface area contributed by atoms with Crippen LogP contribution >= 0.6 is 0 Å².